The molecule has 0 aliphatic rings. The molecule has 0 radical (unpaired) electrons. The Hall–Kier alpha value is -2.39. The average molecular weight is 272 g/mol. The van der Waals surface area contributed by atoms with Crippen molar-refractivity contribution >= 4 is 28.1 Å². The number of aromatic nitrogens is 1. The first kappa shape index (κ1) is 13.1. The summed E-state index contributed by atoms with van der Waals surface area (Å²) in [6.07, 6.45) is 0.886. The molecule has 6 heteroatoms. The van der Waals surface area contributed by atoms with Crippen LogP contribution >= 0.6 is 11.3 Å². The highest BCUT2D eigenvalue weighted by molar-refractivity contribution is 7.13. The van der Waals surface area contributed by atoms with Gasteiger partial charge in [0.25, 0.3) is 0 Å². The van der Waals surface area contributed by atoms with Gasteiger partial charge in [0.05, 0.1) is 17.3 Å². The number of hydrogen-bond donors (Lipinski definition) is 2. The number of carbonyl (C=O) groups is 1. The second-order valence-electron chi connectivity index (χ2n) is 3.92. The molecule has 2 aromatic rings. The second-order valence-corrected chi connectivity index (χ2v) is 4.81. The van der Waals surface area contributed by atoms with Crippen LogP contribution in [0.25, 0.3) is 0 Å². The van der Waals surface area contributed by atoms with Crippen LogP contribution in [0.15, 0.2) is 29.6 Å². The Balaban J connectivity index is 1.89. The van der Waals surface area contributed by atoms with Gasteiger partial charge in [0.15, 0.2) is 5.13 Å². The van der Waals surface area contributed by atoms with E-state index < -0.39 is 0 Å². The van der Waals surface area contributed by atoms with Crippen LogP contribution in [0.1, 0.15) is 17.7 Å². The number of thiazole rings is 1. The number of nitrogens with one attached hydrogen (secondary N) is 1. The van der Waals surface area contributed by atoms with Crippen LogP contribution in [0.2, 0.25) is 0 Å². The van der Waals surface area contributed by atoms with E-state index in [0.29, 0.717) is 29.2 Å². The van der Waals surface area contributed by atoms with Gasteiger partial charge in [-0.05, 0) is 24.6 Å². The summed E-state index contributed by atoms with van der Waals surface area (Å²) in [6.45, 7) is 0. The summed E-state index contributed by atoms with van der Waals surface area (Å²) in [5, 5.41) is 13.9. The molecule has 96 valence electrons. The van der Waals surface area contributed by atoms with E-state index in [4.69, 9.17) is 11.0 Å². The summed E-state index contributed by atoms with van der Waals surface area (Å²) in [4.78, 5) is 15.8. The largest absolute Gasteiger partial charge is 0.375 e. The molecule has 3 N–H and O–H groups in total. The summed E-state index contributed by atoms with van der Waals surface area (Å²) in [7, 11) is 0. The average Bonchev–Trinajstić information content (AvgIpc) is 2.82. The summed E-state index contributed by atoms with van der Waals surface area (Å²) >= 11 is 1.36. The lowest BCUT2D eigenvalue weighted by molar-refractivity contribution is -0.116. The maximum Gasteiger partial charge on any atom is 0.224 e. The second kappa shape index (κ2) is 5.98. The van der Waals surface area contributed by atoms with Gasteiger partial charge in [-0.25, -0.2) is 4.98 Å². The molecule has 0 aliphatic heterocycles. The van der Waals surface area contributed by atoms with Crippen molar-refractivity contribution in [2.75, 3.05) is 11.1 Å². The maximum absolute atomic E-state index is 11.7. The van der Waals surface area contributed by atoms with E-state index in [-0.39, 0.29) is 5.91 Å². The molecule has 0 atom stereocenters. The zero-order valence-electron chi connectivity index (χ0n) is 10.1. The number of amides is 1. The number of aryl methyl sites for hydroxylation is 1. The van der Waals surface area contributed by atoms with Gasteiger partial charge in [0.1, 0.15) is 0 Å². The van der Waals surface area contributed by atoms with Crippen LogP contribution < -0.4 is 11.1 Å². The van der Waals surface area contributed by atoms with Gasteiger partial charge >= 0.3 is 0 Å². The number of benzene rings is 1. The highest BCUT2D eigenvalue weighted by Crippen LogP contribution is 2.14. The number of nitriles is 1. The molecule has 0 saturated carbocycles. The molecule has 5 nitrogen and oxygen atoms in total. The minimum Gasteiger partial charge on any atom is -0.375 e. The lowest BCUT2D eigenvalue weighted by Gasteiger charge is -2.04. The van der Waals surface area contributed by atoms with E-state index in [1.54, 1.807) is 24.3 Å². The van der Waals surface area contributed by atoms with Crippen LogP contribution in [-0.2, 0) is 11.2 Å². The molecule has 0 bridgehead atoms. The highest BCUT2D eigenvalue weighted by Gasteiger charge is 2.05. The molecule has 0 saturated heterocycles. The normalized spacial score (nSPS) is 9.84. The summed E-state index contributed by atoms with van der Waals surface area (Å²) in [5.41, 5.74) is 7.48. The monoisotopic (exact) mass is 272 g/mol. The molecule has 0 aliphatic carbocycles. The van der Waals surface area contributed by atoms with E-state index in [1.807, 2.05) is 11.4 Å². The Morgan fingerprint density at radius 2 is 2.37 bits per heavy atom. The standard InChI is InChI=1S/C13H12N4OS/c14-7-9-2-1-3-10(6-9)16-12(18)5-4-11-8-19-13(15)17-11/h1-3,6,8H,4-5H2,(H2,15,17)(H,16,18). The van der Waals surface area contributed by atoms with Gasteiger partial charge in [-0.3, -0.25) is 4.79 Å². The van der Waals surface area contributed by atoms with E-state index in [2.05, 4.69) is 10.3 Å². The van der Waals surface area contributed by atoms with Crippen LogP contribution in [0.3, 0.4) is 0 Å². The lowest BCUT2D eigenvalue weighted by Crippen LogP contribution is -2.12. The Kier molecular flexibility index (Phi) is 4.11. The highest BCUT2D eigenvalue weighted by atomic mass is 32.1. The third kappa shape index (κ3) is 3.79. The van der Waals surface area contributed by atoms with Gasteiger partial charge in [0.2, 0.25) is 5.91 Å². The molecule has 19 heavy (non-hydrogen) atoms. The van der Waals surface area contributed by atoms with Crippen molar-refractivity contribution < 1.29 is 4.79 Å². The van der Waals surface area contributed by atoms with Crippen LogP contribution in [0.4, 0.5) is 10.8 Å². The maximum atomic E-state index is 11.7. The minimum atomic E-state index is -0.110. The summed E-state index contributed by atoms with van der Waals surface area (Å²) in [5.74, 6) is -0.110. The van der Waals surface area contributed by atoms with E-state index >= 15 is 0 Å². The van der Waals surface area contributed by atoms with Crippen LogP contribution in [0.5, 0.6) is 0 Å². The molecule has 0 spiro atoms. The first-order chi connectivity index (χ1) is 9.17. The van der Waals surface area contributed by atoms with Crippen molar-refractivity contribution in [2.45, 2.75) is 12.8 Å². The quantitative estimate of drug-likeness (QED) is 0.892. The molecule has 0 unspecified atom stereocenters. The molecule has 1 heterocycles. The Labute approximate surface area is 114 Å². The number of carbonyl (C=O) groups excluding carboxylic acids is 1. The Morgan fingerprint density at radius 1 is 1.53 bits per heavy atom. The Morgan fingerprint density at radius 3 is 3.05 bits per heavy atom. The zero-order valence-corrected chi connectivity index (χ0v) is 10.9. The molecule has 1 amide bonds. The number of nitrogens with two attached hydrogens (primary N) is 1. The van der Waals surface area contributed by atoms with Crippen LogP contribution in [0, 0.1) is 11.3 Å². The smallest absolute Gasteiger partial charge is 0.224 e. The molecule has 1 aromatic heterocycles. The fraction of sp³-hybridized carbons (Fsp3) is 0.154. The SMILES string of the molecule is N#Cc1cccc(NC(=O)CCc2csc(N)n2)c1. The van der Waals surface area contributed by atoms with Gasteiger partial charge in [-0.1, -0.05) is 6.07 Å². The van der Waals surface area contributed by atoms with Crippen molar-refractivity contribution in [3.05, 3.63) is 40.9 Å². The van der Waals surface area contributed by atoms with Crippen molar-refractivity contribution in [1.29, 1.82) is 5.26 Å². The van der Waals surface area contributed by atoms with Crippen molar-refractivity contribution in [3.63, 3.8) is 0 Å². The molecular formula is C13H12N4OS. The Bertz CT molecular complexity index is 630. The topological polar surface area (TPSA) is 91.8 Å². The number of hydrogen-bond acceptors (Lipinski definition) is 5. The van der Waals surface area contributed by atoms with Crippen molar-refractivity contribution in [2.24, 2.45) is 0 Å². The number of anilines is 2. The minimum absolute atomic E-state index is 0.110. The fourth-order valence-electron chi connectivity index (χ4n) is 1.57. The van der Waals surface area contributed by atoms with E-state index in [9.17, 15) is 4.79 Å². The predicted octanol–water partition coefficient (Wildman–Crippen LogP) is 2.17. The molecular weight excluding hydrogens is 260 g/mol. The predicted molar refractivity (Wildman–Crippen MR) is 74.6 cm³/mol. The van der Waals surface area contributed by atoms with Gasteiger partial charge < -0.3 is 11.1 Å². The molecule has 0 fully saturated rings. The number of rotatable bonds is 4. The van der Waals surface area contributed by atoms with Crippen LogP contribution in [-0.4, -0.2) is 10.9 Å². The van der Waals surface area contributed by atoms with E-state index in [0.717, 1.165) is 5.69 Å². The third-order valence-electron chi connectivity index (χ3n) is 2.45. The van der Waals surface area contributed by atoms with Gasteiger partial charge in [-0.2, -0.15) is 5.26 Å². The lowest BCUT2D eigenvalue weighted by atomic mass is 10.2. The first-order valence-corrected chi connectivity index (χ1v) is 6.55. The third-order valence-corrected chi connectivity index (χ3v) is 3.18. The number of nitrogen functional groups attached to an aromatic ring is 1. The van der Waals surface area contributed by atoms with Gasteiger partial charge in [0, 0.05) is 17.5 Å². The summed E-state index contributed by atoms with van der Waals surface area (Å²) in [6, 6.07) is 8.83. The first-order valence-electron chi connectivity index (χ1n) is 5.67. The number of nitrogens with zero attached hydrogens (tertiary/aromatic N) is 2. The van der Waals surface area contributed by atoms with Crippen molar-refractivity contribution in [1.82, 2.24) is 4.98 Å². The van der Waals surface area contributed by atoms with Crippen molar-refractivity contribution in [3.8, 4) is 6.07 Å². The fourth-order valence-corrected chi connectivity index (χ4v) is 2.17. The zero-order chi connectivity index (χ0) is 13.7. The summed E-state index contributed by atoms with van der Waals surface area (Å²) < 4.78 is 0. The molecule has 1 aromatic carbocycles. The van der Waals surface area contributed by atoms with E-state index in [1.165, 1.54) is 11.3 Å². The van der Waals surface area contributed by atoms with Gasteiger partial charge in [-0.15, -0.1) is 11.3 Å². The molecule has 2 rings (SSSR count).